The molecule has 0 fully saturated rings. The number of carbonyl (C=O) groups excluding carboxylic acids is 1. The fraction of sp³-hybridized carbons (Fsp3) is 0.133. The Bertz CT molecular complexity index is 688. The summed E-state index contributed by atoms with van der Waals surface area (Å²) in [5.41, 5.74) is 3.22. The summed E-state index contributed by atoms with van der Waals surface area (Å²) < 4.78 is 0. The number of benzene rings is 2. The van der Waals surface area contributed by atoms with E-state index < -0.39 is 5.91 Å². The Morgan fingerprint density at radius 2 is 1.82 bits per heavy atom. The van der Waals surface area contributed by atoms with Crippen molar-refractivity contribution in [2.24, 2.45) is 0 Å². The molecule has 0 unspecified atom stereocenters. The van der Waals surface area contributed by atoms with E-state index in [1.165, 1.54) is 37.4 Å². The lowest BCUT2D eigenvalue weighted by Gasteiger charge is -2.11. The lowest BCUT2D eigenvalue weighted by atomic mass is 10.1. The van der Waals surface area contributed by atoms with Gasteiger partial charge in [0.15, 0.2) is 0 Å². The maximum absolute atomic E-state index is 11.7. The maximum Gasteiger partial charge on any atom is 0.278 e. The molecular formula is C15H16N2O5. The highest BCUT2D eigenvalue weighted by Crippen LogP contribution is 2.25. The number of hydrogen-bond donors (Lipinski definition) is 5. The fourth-order valence-corrected chi connectivity index (χ4v) is 1.89. The molecule has 7 heteroatoms. The predicted octanol–water partition coefficient (Wildman–Crippen LogP) is 1.71. The number of anilines is 1. The second kappa shape index (κ2) is 6.68. The van der Waals surface area contributed by atoms with Crippen LogP contribution in [0.15, 0.2) is 36.4 Å². The number of phenolic OH excluding ortho intramolecular Hbond substituents is 3. The van der Waals surface area contributed by atoms with Crippen LogP contribution in [0.1, 0.15) is 15.9 Å². The summed E-state index contributed by atoms with van der Waals surface area (Å²) in [6, 6.07) is 8.60. The minimum Gasteiger partial charge on any atom is -0.508 e. The normalized spacial score (nSPS) is 10.2. The molecule has 0 aliphatic heterocycles. The topological polar surface area (TPSA) is 111 Å². The van der Waals surface area contributed by atoms with Gasteiger partial charge in [-0.3, -0.25) is 9.63 Å². The van der Waals surface area contributed by atoms with E-state index >= 15 is 0 Å². The van der Waals surface area contributed by atoms with Gasteiger partial charge in [-0.1, -0.05) is 0 Å². The Hall–Kier alpha value is -2.93. The molecule has 116 valence electrons. The molecule has 0 atom stereocenters. The number of rotatable bonds is 5. The molecule has 0 aliphatic rings. The Morgan fingerprint density at radius 3 is 2.55 bits per heavy atom. The van der Waals surface area contributed by atoms with Gasteiger partial charge in [0, 0.05) is 17.8 Å². The summed E-state index contributed by atoms with van der Waals surface area (Å²) in [5, 5.41) is 31.8. The number of hydroxylamine groups is 1. The Morgan fingerprint density at radius 1 is 1.09 bits per heavy atom. The molecule has 7 nitrogen and oxygen atoms in total. The van der Waals surface area contributed by atoms with Crippen LogP contribution in [0.25, 0.3) is 0 Å². The summed E-state index contributed by atoms with van der Waals surface area (Å²) in [7, 11) is 1.29. The molecule has 0 radical (unpaired) electrons. The number of aromatic hydroxyl groups is 3. The van der Waals surface area contributed by atoms with Crippen LogP contribution < -0.4 is 10.8 Å². The molecule has 1 amide bonds. The quantitative estimate of drug-likeness (QED) is 0.425. The first-order chi connectivity index (χ1) is 10.5. The number of nitrogens with one attached hydrogen (secondary N) is 2. The van der Waals surface area contributed by atoms with E-state index in [1.54, 1.807) is 6.07 Å². The number of hydrogen-bond acceptors (Lipinski definition) is 6. The van der Waals surface area contributed by atoms with Crippen molar-refractivity contribution in [3.63, 3.8) is 0 Å². The van der Waals surface area contributed by atoms with Crippen molar-refractivity contribution in [3.8, 4) is 17.2 Å². The summed E-state index contributed by atoms with van der Waals surface area (Å²) in [6.07, 6.45) is 0. The van der Waals surface area contributed by atoms with Gasteiger partial charge in [0.2, 0.25) is 0 Å². The molecule has 5 N–H and O–H groups in total. The van der Waals surface area contributed by atoms with Crippen molar-refractivity contribution in [2.75, 3.05) is 12.4 Å². The van der Waals surface area contributed by atoms with E-state index in [0.29, 0.717) is 11.3 Å². The molecule has 2 aromatic carbocycles. The average molecular weight is 304 g/mol. The first kappa shape index (κ1) is 15.5. The van der Waals surface area contributed by atoms with Crippen LogP contribution in [0.5, 0.6) is 17.2 Å². The van der Waals surface area contributed by atoms with Gasteiger partial charge in [-0.05, 0) is 36.4 Å². The molecule has 2 aromatic rings. The predicted molar refractivity (Wildman–Crippen MR) is 79.7 cm³/mol. The van der Waals surface area contributed by atoms with Crippen LogP contribution in [-0.2, 0) is 11.4 Å². The highest BCUT2D eigenvalue weighted by Gasteiger charge is 2.12. The summed E-state index contributed by atoms with van der Waals surface area (Å²) in [6.45, 7) is 0.232. The van der Waals surface area contributed by atoms with Crippen LogP contribution in [0.3, 0.4) is 0 Å². The minimum absolute atomic E-state index is 0.0421. The summed E-state index contributed by atoms with van der Waals surface area (Å²) >= 11 is 0. The standard InChI is InChI=1S/C15H16N2O5/c1-22-17-15(21)12-7-10(2-4-14(12)20)16-8-9-6-11(18)3-5-13(9)19/h2-7,16,18-20H,8H2,1H3,(H,17,21). The smallest absolute Gasteiger partial charge is 0.278 e. The highest BCUT2D eigenvalue weighted by molar-refractivity contribution is 5.97. The van der Waals surface area contributed by atoms with Crippen LogP contribution in [0.4, 0.5) is 5.69 Å². The van der Waals surface area contributed by atoms with Gasteiger partial charge in [0.25, 0.3) is 5.91 Å². The molecule has 0 saturated carbocycles. The lowest BCUT2D eigenvalue weighted by Crippen LogP contribution is -2.22. The van der Waals surface area contributed by atoms with E-state index in [0.717, 1.165) is 0 Å². The van der Waals surface area contributed by atoms with Crippen LogP contribution in [0.2, 0.25) is 0 Å². The van der Waals surface area contributed by atoms with E-state index in [-0.39, 0.29) is 29.4 Å². The van der Waals surface area contributed by atoms with E-state index in [4.69, 9.17) is 0 Å². The Balaban J connectivity index is 2.15. The van der Waals surface area contributed by atoms with Gasteiger partial charge in [-0.25, -0.2) is 5.48 Å². The average Bonchev–Trinajstić information content (AvgIpc) is 2.49. The van der Waals surface area contributed by atoms with Gasteiger partial charge in [0.05, 0.1) is 12.7 Å². The molecule has 0 heterocycles. The number of amides is 1. The summed E-state index contributed by atoms with van der Waals surface area (Å²) in [5.74, 6) is -0.675. The van der Waals surface area contributed by atoms with Crippen LogP contribution in [-0.4, -0.2) is 28.3 Å². The van der Waals surface area contributed by atoms with Gasteiger partial charge >= 0.3 is 0 Å². The zero-order chi connectivity index (χ0) is 16.1. The molecule has 0 saturated heterocycles. The van der Waals surface area contributed by atoms with Crippen molar-refractivity contribution < 1.29 is 25.0 Å². The molecule has 22 heavy (non-hydrogen) atoms. The van der Waals surface area contributed by atoms with E-state index in [2.05, 4.69) is 15.6 Å². The van der Waals surface area contributed by atoms with Crippen molar-refractivity contribution in [3.05, 3.63) is 47.5 Å². The fourth-order valence-electron chi connectivity index (χ4n) is 1.89. The largest absolute Gasteiger partial charge is 0.508 e. The first-order valence-corrected chi connectivity index (χ1v) is 6.42. The first-order valence-electron chi connectivity index (χ1n) is 6.42. The van der Waals surface area contributed by atoms with E-state index in [1.807, 2.05) is 0 Å². The minimum atomic E-state index is -0.580. The zero-order valence-corrected chi connectivity index (χ0v) is 11.8. The van der Waals surface area contributed by atoms with Crippen molar-refractivity contribution in [1.29, 1.82) is 0 Å². The third kappa shape index (κ3) is 3.58. The molecule has 0 aromatic heterocycles. The SMILES string of the molecule is CONC(=O)c1cc(NCc2cc(O)ccc2O)ccc1O. The highest BCUT2D eigenvalue weighted by atomic mass is 16.6. The summed E-state index contributed by atoms with van der Waals surface area (Å²) in [4.78, 5) is 16.2. The van der Waals surface area contributed by atoms with E-state index in [9.17, 15) is 20.1 Å². The van der Waals surface area contributed by atoms with Gasteiger partial charge in [0.1, 0.15) is 17.2 Å². The van der Waals surface area contributed by atoms with Crippen molar-refractivity contribution >= 4 is 11.6 Å². The molecule has 0 aliphatic carbocycles. The van der Waals surface area contributed by atoms with Gasteiger partial charge in [-0.2, -0.15) is 0 Å². The molecule has 2 rings (SSSR count). The Kier molecular flexibility index (Phi) is 4.70. The van der Waals surface area contributed by atoms with Crippen LogP contribution >= 0.6 is 0 Å². The third-order valence-corrected chi connectivity index (χ3v) is 2.98. The second-order valence-corrected chi connectivity index (χ2v) is 4.53. The van der Waals surface area contributed by atoms with Gasteiger partial charge < -0.3 is 20.6 Å². The van der Waals surface area contributed by atoms with Crippen molar-refractivity contribution in [1.82, 2.24) is 5.48 Å². The van der Waals surface area contributed by atoms with Crippen LogP contribution in [0, 0.1) is 0 Å². The lowest BCUT2D eigenvalue weighted by molar-refractivity contribution is 0.0535. The van der Waals surface area contributed by atoms with Gasteiger partial charge in [-0.15, -0.1) is 0 Å². The molecule has 0 bridgehead atoms. The monoisotopic (exact) mass is 304 g/mol. The molecular weight excluding hydrogens is 288 g/mol. The Labute approximate surface area is 126 Å². The molecule has 0 spiro atoms. The maximum atomic E-state index is 11.7. The second-order valence-electron chi connectivity index (χ2n) is 4.53. The zero-order valence-electron chi connectivity index (χ0n) is 11.8. The van der Waals surface area contributed by atoms with Crippen molar-refractivity contribution in [2.45, 2.75) is 6.54 Å². The third-order valence-electron chi connectivity index (χ3n) is 2.98. The number of carbonyl (C=O) groups is 1. The number of phenols is 3.